The Morgan fingerprint density at radius 3 is 2.18 bits per heavy atom. The summed E-state index contributed by atoms with van der Waals surface area (Å²) in [5.74, 6) is -0.279. The van der Waals surface area contributed by atoms with Crippen molar-refractivity contribution in [3.05, 3.63) is 107 Å². The highest BCUT2D eigenvalue weighted by atomic mass is 16.5. The molecule has 0 bridgehead atoms. The highest BCUT2D eigenvalue weighted by Gasteiger charge is 2.16. The first-order valence-electron chi connectivity index (χ1n) is 10.5. The molecule has 4 aromatic rings. The Bertz CT molecular complexity index is 1340. The van der Waals surface area contributed by atoms with E-state index in [-0.39, 0.29) is 17.5 Å². The monoisotopic (exact) mass is 440 g/mol. The Labute approximate surface area is 191 Å². The fourth-order valence-corrected chi connectivity index (χ4v) is 3.65. The molecule has 1 heterocycles. The second-order valence-electron chi connectivity index (χ2n) is 7.57. The first-order valence-corrected chi connectivity index (χ1v) is 10.5. The van der Waals surface area contributed by atoms with Crippen molar-refractivity contribution in [1.82, 2.24) is 9.13 Å². The van der Waals surface area contributed by atoms with Crippen molar-refractivity contribution in [3.63, 3.8) is 0 Å². The van der Waals surface area contributed by atoms with E-state index in [1.807, 2.05) is 60.8 Å². The number of esters is 1. The average molecular weight is 441 g/mol. The number of imidazole rings is 1. The van der Waals surface area contributed by atoms with Crippen LogP contribution in [0.5, 0.6) is 0 Å². The van der Waals surface area contributed by atoms with Gasteiger partial charge in [0.2, 0.25) is 0 Å². The molecule has 4 rings (SSSR count). The summed E-state index contributed by atoms with van der Waals surface area (Å²) in [5.41, 5.74) is 9.97. The topological polar surface area (TPSA) is 103 Å². The molecule has 3 N–H and O–H groups in total. The second kappa shape index (κ2) is 9.40. The summed E-state index contributed by atoms with van der Waals surface area (Å²) in [6.07, 6.45) is 2.68. The number of ether oxygens (including phenoxy) is 1. The summed E-state index contributed by atoms with van der Waals surface area (Å²) in [7, 11) is 1.38. The molecule has 0 radical (unpaired) electrons. The van der Waals surface area contributed by atoms with E-state index in [1.54, 1.807) is 33.4 Å². The van der Waals surface area contributed by atoms with Gasteiger partial charge in [0.1, 0.15) is 5.84 Å². The van der Waals surface area contributed by atoms with Crippen LogP contribution in [0.25, 0.3) is 22.6 Å². The zero-order valence-corrected chi connectivity index (χ0v) is 18.2. The predicted molar refractivity (Wildman–Crippen MR) is 128 cm³/mol. The van der Waals surface area contributed by atoms with Gasteiger partial charge in [-0.3, -0.25) is 19.3 Å². The number of aryl methyl sites for hydroxylation is 1. The number of nitrogens with zero attached hydrogens (tertiary/aromatic N) is 2. The number of methoxy groups -OCH3 is 1. The van der Waals surface area contributed by atoms with Crippen LogP contribution in [0.1, 0.15) is 17.5 Å². The van der Waals surface area contributed by atoms with Crippen molar-refractivity contribution in [1.29, 1.82) is 5.41 Å². The van der Waals surface area contributed by atoms with Gasteiger partial charge in [-0.15, -0.1) is 0 Å². The molecule has 7 nitrogen and oxygen atoms in total. The van der Waals surface area contributed by atoms with E-state index >= 15 is 0 Å². The number of nitrogen functional groups attached to an aromatic ring is 1. The first kappa shape index (κ1) is 21.8. The Morgan fingerprint density at radius 2 is 1.58 bits per heavy atom. The van der Waals surface area contributed by atoms with Crippen LogP contribution in [0.3, 0.4) is 0 Å². The Kier molecular flexibility index (Phi) is 6.22. The Morgan fingerprint density at radius 1 is 0.939 bits per heavy atom. The van der Waals surface area contributed by atoms with Crippen LogP contribution in [0.15, 0.2) is 89.9 Å². The molecule has 0 saturated heterocycles. The normalized spacial score (nSPS) is 10.7. The molecule has 33 heavy (non-hydrogen) atoms. The highest BCUT2D eigenvalue weighted by Crippen LogP contribution is 2.23. The summed E-state index contributed by atoms with van der Waals surface area (Å²) in [6.45, 7) is 0. The lowest BCUT2D eigenvalue weighted by molar-refractivity contribution is -0.140. The minimum absolute atomic E-state index is 0.0243. The number of benzene rings is 3. The van der Waals surface area contributed by atoms with E-state index < -0.39 is 0 Å². The van der Waals surface area contributed by atoms with Crippen molar-refractivity contribution in [2.24, 2.45) is 5.73 Å². The van der Waals surface area contributed by atoms with Crippen LogP contribution in [-0.4, -0.2) is 28.0 Å². The molecule has 3 aromatic carbocycles. The van der Waals surface area contributed by atoms with Crippen LogP contribution in [0.2, 0.25) is 0 Å². The third-order valence-corrected chi connectivity index (χ3v) is 5.46. The van der Waals surface area contributed by atoms with Gasteiger partial charge in [0, 0.05) is 23.7 Å². The minimum Gasteiger partial charge on any atom is -0.469 e. The summed E-state index contributed by atoms with van der Waals surface area (Å²) in [5, 5.41) is 7.58. The maximum Gasteiger partial charge on any atom is 0.337 e. The zero-order valence-electron chi connectivity index (χ0n) is 18.2. The summed E-state index contributed by atoms with van der Waals surface area (Å²) in [6, 6.07) is 24.3. The van der Waals surface area contributed by atoms with Crippen molar-refractivity contribution in [2.45, 2.75) is 12.8 Å². The lowest BCUT2D eigenvalue weighted by atomic mass is 10.1. The summed E-state index contributed by atoms with van der Waals surface area (Å²) in [4.78, 5) is 24.9. The summed E-state index contributed by atoms with van der Waals surface area (Å²) >= 11 is 0. The quantitative estimate of drug-likeness (QED) is 0.260. The van der Waals surface area contributed by atoms with Gasteiger partial charge in [-0.2, -0.15) is 0 Å². The number of amidine groups is 1. The van der Waals surface area contributed by atoms with Gasteiger partial charge in [-0.25, -0.2) is 4.79 Å². The van der Waals surface area contributed by atoms with E-state index in [2.05, 4.69) is 0 Å². The maximum absolute atomic E-state index is 13.5. The fraction of sp³-hybridized carbons (Fsp3) is 0.115. The molecule has 0 spiro atoms. The number of aromatic nitrogens is 2. The van der Waals surface area contributed by atoms with E-state index in [0.717, 1.165) is 22.5 Å². The third kappa shape index (κ3) is 4.62. The van der Waals surface area contributed by atoms with Crippen molar-refractivity contribution >= 4 is 11.8 Å². The molecule has 0 aliphatic carbocycles. The molecular weight excluding hydrogens is 416 g/mol. The predicted octanol–water partition coefficient (Wildman–Crippen LogP) is 3.68. The van der Waals surface area contributed by atoms with E-state index in [1.165, 1.54) is 7.11 Å². The first-order chi connectivity index (χ1) is 16.0. The minimum atomic E-state index is -0.255. The molecule has 0 atom stereocenters. The molecule has 1 aromatic heterocycles. The van der Waals surface area contributed by atoms with Gasteiger partial charge >= 0.3 is 11.7 Å². The zero-order chi connectivity index (χ0) is 23.4. The molecule has 0 amide bonds. The van der Waals surface area contributed by atoms with Gasteiger partial charge in [-0.05, 0) is 48.4 Å². The number of hydrogen-bond acceptors (Lipinski definition) is 4. The Hall–Kier alpha value is -4.39. The number of carbonyl (C=O) groups is 1. The average Bonchev–Trinajstić information content (AvgIpc) is 3.20. The van der Waals surface area contributed by atoms with Crippen LogP contribution >= 0.6 is 0 Å². The molecular formula is C26H24N4O3. The smallest absolute Gasteiger partial charge is 0.337 e. The van der Waals surface area contributed by atoms with Gasteiger partial charge in [0.25, 0.3) is 0 Å². The van der Waals surface area contributed by atoms with E-state index in [0.29, 0.717) is 24.1 Å². The largest absolute Gasteiger partial charge is 0.469 e. The van der Waals surface area contributed by atoms with Gasteiger partial charge in [0.15, 0.2) is 0 Å². The molecule has 0 aliphatic rings. The number of rotatable bonds is 7. The van der Waals surface area contributed by atoms with Crippen molar-refractivity contribution in [2.75, 3.05) is 7.11 Å². The number of nitrogens with one attached hydrogen (secondary N) is 1. The van der Waals surface area contributed by atoms with Crippen LogP contribution < -0.4 is 11.4 Å². The number of nitrogens with two attached hydrogens (primary N) is 1. The van der Waals surface area contributed by atoms with Crippen LogP contribution in [0, 0.1) is 5.41 Å². The molecule has 0 fully saturated rings. The lowest BCUT2D eigenvalue weighted by Gasteiger charge is -2.09. The van der Waals surface area contributed by atoms with Crippen molar-refractivity contribution < 1.29 is 9.53 Å². The summed E-state index contributed by atoms with van der Waals surface area (Å²) < 4.78 is 7.95. The highest BCUT2D eigenvalue weighted by molar-refractivity contribution is 5.95. The van der Waals surface area contributed by atoms with Crippen molar-refractivity contribution in [3.8, 4) is 22.6 Å². The van der Waals surface area contributed by atoms with Crippen LogP contribution in [-0.2, 0) is 16.0 Å². The van der Waals surface area contributed by atoms with Gasteiger partial charge in [0.05, 0.1) is 24.2 Å². The van der Waals surface area contributed by atoms with Gasteiger partial charge < -0.3 is 10.5 Å². The van der Waals surface area contributed by atoms with Gasteiger partial charge in [-0.1, -0.05) is 42.5 Å². The molecule has 0 unspecified atom stereocenters. The van der Waals surface area contributed by atoms with Crippen LogP contribution in [0.4, 0.5) is 0 Å². The van der Waals surface area contributed by atoms with E-state index in [9.17, 15) is 9.59 Å². The lowest BCUT2D eigenvalue weighted by Crippen LogP contribution is -2.22. The molecule has 0 aliphatic heterocycles. The molecule has 0 saturated carbocycles. The molecule has 166 valence electrons. The third-order valence-electron chi connectivity index (χ3n) is 5.46. The SMILES string of the molecule is COC(=O)CCc1ccc(-n2c(-c3ccccc3)cn(-c3ccc(C(=N)N)cc3)c2=O)cc1. The fourth-order valence-electron chi connectivity index (χ4n) is 3.65. The number of hydrogen-bond donors (Lipinski definition) is 2. The van der Waals surface area contributed by atoms with E-state index in [4.69, 9.17) is 15.9 Å². The second-order valence-corrected chi connectivity index (χ2v) is 7.57. The molecule has 7 heteroatoms. The standard InChI is InChI=1S/C26H24N4O3/c1-33-24(31)16-9-18-7-12-22(13-8-18)30-23(19-5-3-2-4-6-19)17-29(26(30)32)21-14-10-20(11-15-21)25(27)28/h2-8,10-15,17H,9,16H2,1H3,(H3,27,28). The maximum atomic E-state index is 13.5. The number of carbonyl (C=O) groups excluding carboxylic acids is 1. The Balaban J connectivity index is 1.77.